The molecule has 0 amide bonds. The molecule has 5 aliphatic rings. The number of hydrogen-bond donors (Lipinski definition) is 2. The maximum absolute atomic E-state index is 11.0. The molecule has 0 spiro atoms. The van der Waals surface area contributed by atoms with Crippen molar-refractivity contribution >= 4 is 0 Å². The molecule has 0 bridgehead atoms. The van der Waals surface area contributed by atoms with Crippen LogP contribution in [-0.4, -0.2) is 36.6 Å². The number of hydrogen-bond acceptors (Lipinski definition) is 3. The monoisotopic (exact) mass is 472 g/mol. The van der Waals surface area contributed by atoms with Gasteiger partial charge in [0.2, 0.25) is 0 Å². The summed E-state index contributed by atoms with van der Waals surface area (Å²) in [6.07, 6.45) is 11.9. The second kappa shape index (κ2) is 8.06. The molecule has 3 nitrogen and oxygen atoms in total. The van der Waals surface area contributed by atoms with Crippen molar-refractivity contribution in [2.24, 2.45) is 56.7 Å². The van der Waals surface area contributed by atoms with E-state index in [0.717, 1.165) is 31.8 Å². The van der Waals surface area contributed by atoms with Crippen molar-refractivity contribution in [1.82, 2.24) is 0 Å². The van der Waals surface area contributed by atoms with E-state index in [1.807, 2.05) is 7.11 Å². The quantitative estimate of drug-likeness (QED) is 0.452. The van der Waals surface area contributed by atoms with Gasteiger partial charge in [0.15, 0.2) is 0 Å². The molecule has 0 aliphatic heterocycles. The van der Waals surface area contributed by atoms with Crippen LogP contribution in [0.5, 0.6) is 0 Å². The molecule has 2 N–H and O–H groups in total. The Kier molecular flexibility index (Phi) is 5.99. The first-order chi connectivity index (χ1) is 15.9. The van der Waals surface area contributed by atoms with E-state index in [9.17, 15) is 10.2 Å². The minimum Gasteiger partial charge on any atom is -0.396 e. The normalized spacial score (nSPS) is 56.7. The molecule has 0 saturated heterocycles. The number of rotatable bonds is 4. The van der Waals surface area contributed by atoms with Crippen LogP contribution in [0.1, 0.15) is 98.8 Å². The van der Waals surface area contributed by atoms with Crippen molar-refractivity contribution < 1.29 is 14.9 Å². The highest BCUT2D eigenvalue weighted by atomic mass is 16.5. The second-order valence-electron chi connectivity index (χ2n) is 14.7. The van der Waals surface area contributed by atoms with Gasteiger partial charge in [-0.1, -0.05) is 39.8 Å². The van der Waals surface area contributed by atoms with Gasteiger partial charge < -0.3 is 14.9 Å². The topological polar surface area (TPSA) is 49.7 Å². The lowest BCUT2D eigenvalue weighted by Crippen LogP contribution is -2.67. The van der Waals surface area contributed by atoms with Crippen LogP contribution < -0.4 is 0 Å². The summed E-state index contributed by atoms with van der Waals surface area (Å²) in [4.78, 5) is 0. The Morgan fingerprint density at radius 1 is 0.882 bits per heavy atom. The van der Waals surface area contributed by atoms with Crippen LogP contribution in [0.25, 0.3) is 0 Å². The Morgan fingerprint density at radius 2 is 1.62 bits per heavy atom. The summed E-state index contributed by atoms with van der Waals surface area (Å²) >= 11 is 0. The largest absolute Gasteiger partial charge is 0.396 e. The average Bonchev–Trinajstić information content (AvgIpc) is 3.17. The first-order valence-corrected chi connectivity index (χ1v) is 14.4. The maximum Gasteiger partial charge on any atom is 0.0618 e. The molecule has 0 aromatic heterocycles. The molecule has 3 heteroatoms. The zero-order valence-electron chi connectivity index (χ0n) is 23.0. The number of allylic oxidation sites excluding steroid dienone is 1. The van der Waals surface area contributed by atoms with E-state index in [-0.39, 0.29) is 23.5 Å². The lowest BCUT2D eigenvalue weighted by Gasteiger charge is -2.73. The van der Waals surface area contributed by atoms with Gasteiger partial charge in [0, 0.05) is 12.5 Å². The Bertz CT molecular complexity index is 823. The van der Waals surface area contributed by atoms with E-state index in [0.29, 0.717) is 39.9 Å². The molecule has 34 heavy (non-hydrogen) atoms. The summed E-state index contributed by atoms with van der Waals surface area (Å²) in [7, 11) is 1.91. The number of aliphatic hydroxyl groups is 2. The second-order valence-corrected chi connectivity index (χ2v) is 14.7. The highest BCUT2D eigenvalue weighted by Crippen LogP contribution is 2.77. The van der Waals surface area contributed by atoms with E-state index in [2.05, 4.69) is 41.2 Å². The van der Waals surface area contributed by atoms with Crippen LogP contribution in [0.4, 0.5) is 0 Å². The molecule has 5 rings (SSSR count). The van der Waals surface area contributed by atoms with E-state index >= 15 is 0 Å². The van der Waals surface area contributed by atoms with Crippen molar-refractivity contribution in [3.8, 4) is 0 Å². The molecule has 0 aromatic carbocycles. The fourth-order valence-electron chi connectivity index (χ4n) is 11.8. The molecule has 5 unspecified atom stereocenters. The average molecular weight is 473 g/mol. The molecular weight excluding hydrogens is 420 g/mol. The van der Waals surface area contributed by atoms with Gasteiger partial charge in [-0.2, -0.15) is 0 Å². The third-order valence-corrected chi connectivity index (χ3v) is 13.8. The van der Waals surface area contributed by atoms with Crippen molar-refractivity contribution in [2.75, 3.05) is 20.3 Å². The highest BCUT2D eigenvalue weighted by Gasteiger charge is 2.71. The van der Waals surface area contributed by atoms with Crippen LogP contribution in [0, 0.1) is 56.7 Å². The highest BCUT2D eigenvalue weighted by molar-refractivity contribution is 5.21. The predicted octanol–water partition coefficient (Wildman–Crippen LogP) is 6.62. The Morgan fingerprint density at radius 3 is 2.26 bits per heavy atom. The summed E-state index contributed by atoms with van der Waals surface area (Å²) in [5.41, 5.74) is 2.26. The molecule has 5 fully saturated rings. The standard InChI is InChI=1S/C31H52O3/c1-20(2)21-10-15-31(19-34-7)17-16-29(5)22(26(21)31)8-9-24-27(3)13-12-25(33)28(4,18-32)23(27)11-14-30(24,29)6/h21-26,32-33H,1,8-19H2,2-7H3/t21?,22?,23?,24?,25-,26?,27-,28-,29+,30+,31+/m0/s1. The molecule has 194 valence electrons. The van der Waals surface area contributed by atoms with Gasteiger partial charge >= 0.3 is 0 Å². The number of aliphatic hydroxyl groups excluding tert-OH is 2. The Labute approximate surface area is 209 Å². The number of ether oxygens (including phenoxy) is 1. The van der Waals surface area contributed by atoms with Gasteiger partial charge in [-0.25, -0.2) is 0 Å². The Hall–Kier alpha value is -0.380. The molecule has 5 saturated carbocycles. The van der Waals surface area contributed by atoms with Gasteiger partial charge in [-0.3, -0.25) is 0 Å². The Balaban J connectivity index is 1.54. The zero-order valence-corrected chi connectivity index (χ0v) is 23.0. The molecule has 0 aromatic rings. The van der Waals surface area contributed by atoms with Crippen LogP contribution in [-0.2, 0) is 4.74 Å². The minimum atomic E-state index is -0.369. The van der Waals surface area contributed by atoms with Crippen LogP contribution in [0.2, 0.25) is 0 Å². The van der Waals surface area contributed by atoms with E-state index < -0.39 is 0 Å². The fraction of sp³-hybridized carbons (Fsp3) is 0.935. The minimum absolute atomic E-state index is 0.111. The van der Waals surface area contributed by atoms with Gasteiger partial charge in [0.05, 0.1) is 19.3 Å². The SMILES string of the molecule is C=C(C)C1CC[C@]2(COC)CC[C@]3(C)C(CCC4[C@@]5(C)CC[C@H](O)[C@@](C)(CO)C5CC[C@]43C)C12. The lowest BCUT2D eigenvalue weighted by atomic mass is 9.32. The summed E-state index contributed by atoms with van der Waals surface area (Å²) in [5.74, 6) is 3.20. The van der Waals surface area contributed by atoms with Crippen molar-refractivity contribution in [1.29, 1.82) is 0 Å². The third kappa shape index (κ3) is 2.99. The van der Waals surface area contributed by atoms with Crippen LogP contribution >= 0.6 is 0 Å². The summed E-state index contributed by atoms with van der Waals surface area (Å²) in [6.45, 7) is 17.9. The lowest BCUT2D eigenvalue weighted by molar-refractivity contribution is -0.255. The van der Waals surface area contributed by atoms with E-state index in [1.54, 1.807) is 0 Å². The first-order valence-electron chi connectivity index (χ1n) is 14.4. The van der Waals surface area contributed by atoms with Crippen molar-refractivity contribution in [3.63, 3.8) is 0 Å². The zero-order chi connectivity index (χ0) is 24.7. The van der Waals surface area contributed by atoms with Crippen molar-refractivity contribution in [2.45, 2.75) is 105 Å². The molecule has 5 aliphatic carbocycles. The number of methoxy groups -OCH3 is 1. The van der Waals surface area contributed by atoms with Crippen LogP contribution in [0.3, 0.4) is 0 Å². The van der Waals surface area contributed by atoms with E-state index in [1.165, 1.54) is 50.5 Å². The first kappa shape index (κ1) is 25.3. The van der Waals surface area contributed by atoms with E-state index in [4.69, 9.17) is 4.74 Å². The summed E-state index contributed by atoms with van der Waals surface area (Å²) in [6, 6.07) is 0. The smallest absolute Gasteiger partial charge is 0.0618 e. The summed E-state index contributed by atoms with van der Waals surface area (Å²) in [5, 5.41) is 21.4. The molecular formula is C31H52O3. The third-order valence-electron chi connectivity index (χ3n) is 13.8. The molecule has 0 heterocycles. The summed E-state index contributed by atoms with van der Waals surface area (Å²) < 4.78 is 5.91. The maximum atomic E-state index is 11.0. The number of fused-ring (bicyclic) bond motifs is 7. The fourth-order valence-corrected chi connectivity index (χ4v) is 11.8. The predicted molar refractivity (Wildman–Crippen MR) is 138 cm³/mol. The van der Waals surface area contributed by atoms with Gasteiger partial charge in [0.25, 0.3) is 0 Å². The van der Waals surface area contributed by atoms with Gasteiger partial charge in [-0.15, -0.1) is 0 Å². The molecule has 0 radical (unpaired) electrons. The van der Waals surface area contributed by atoms with Gasteiger partial charge in [0.1, 0.15) is 0 Å². The van der Waals surface area contributed by atoms with Gasteiger partial charge in [-0.05, 0) is 122 Å². The van der Waals surface area contributed by atoms with Crippen molar-refractivity contribution in [3.05, 3.63) is 12.2 Å². The molecule has 11 atom stereocenters. The van der Waals surface area contributed by atoms with Crippen LogP contribution in [0.15, 0.2) is 12.2 Å².